The molecule has 1 aliphatic carbocycles. The van der Waals surface area contributed by atoms with Crippen LogP contribution in [0.25, 0.3) is 0 Å². The highest BCUT2D eigenvalue weighted by Gasteiger charge is 2.37. The van der Waals surface area contributed by atoms with Gasteiger partial charge in [-0.25, -0.2) is 4.79 Å². The minimum atomic E-state index is -1.42. The Morgan fingerprint density at radius 2 is 1.70 bits per heavy atom. The summed E-state index contributed by atoms with van der Waals surface area (Å²) in [6.45, 7) is -1.64. The van der Waals surface area contributed by atoms with Gasteiger partial charge in [0.15, 0.2) is 0 Å². The molecule has 0 aromatic heterocycles. The molecule has 3 aliphatic rings. The smallest absolute Gasteiger partial charge is 0.321 e. The molecule has 8 N–H and O–H groups in total. The number of hydrogen-bond acceptors (Lipinski definition) is 10. The van der Waals surface area contributed by atoms with Crippen LogP contribution < -0.4 is 37.6 Å². The summed E-state index contributed by atoms with van der Waals surface area (Å²) in [4.78, 5) is 98.8. The number of urea groups is 1. The lowest BCUT2D eigenvalue weighted by molar-refractivity contribution is -0.145. The predicted molar refractivity (Wildman–Crippen MR) is 133 cm³/mol. The predicted octanol–water partition coefficient (Wildman–Crippen LogP) is -4.56. The number of nitrogens with zero attached hydrogens (tertiary/aromatic N) is 1. The number of nitrogens with two attached hydrogens (primary N) is 1. The third-order valence-electron chi connectivity index (χ3n) is 6.20. The molecule has 0 radical (unpaired) electrons. The summed E-state index contributed by atoms with van der Waals surface area (Å²) in [5, 5.41) is 14.4. The van der Waals surface area contributed by atoms with E-state index in [-0.39, 0.29) is 38.6 Å². The van der Waals surface area contributed by atoms with Gasteiger partial charge in [-0.2, -0.15) is 0 Å². The lowest BCUT2D eigenvalue weighted by Crippen LogP contribution is -2.56. The highest BCUT2D eigenvalue weighted by Crippen LogP contribution is 2.34. The van der Waals surface area contributed by atoms with Gasteiger partial charge < -0.3 is 37.1 Å². The summed E-state index contributed by atoms with van der Waals surface area (Å²) in [7, 11) is 0. The van der Waals surface area contributed by atoms with E-state index in [1.165, 1.54) is 0 Å². The van der Waals surface area contributed by atoms with Crippen LogP contribution in [-0.2, 0) is 38.3 Å². The van der Waals surface area contributed by atoms with Crippen molar-refractivity contribution in [2.24, 2.45) is 11.7 Å². The molecule has 3 atom stereocenters. The van der Waals surface area contributed by atoms with Crippen LogP contribution in [0.2, 0.25) is 0 Å². The zero-order valence-electron chi connectivity index (χ0n) is 21.5. The van der Waals surface area contributed by atoms with E-state index >= 15 is 0 Å². The Bertz CT molecular complexity index is 1070. The maximum atomic E-state index is 12.9. The molecular formula is C23H32N8O9. The quantitative estimate of drug-likeness (QED) is 0.115. The first-order valence-electron chi connectivity index (χ1n) is 12.7. The highest BCUT2D eigenvalue weighted by molar-refractivity contribution is 6.15. The molecule has 0 aromatic carbocycles. The zero-order chi connectivity index (χ0) is 29.2. The number of amides is 9. The summed E-state index contributed by atoms with van der Waals surface area (Å²) in [6.07, 6.45) is 2.94. The van der Waals surface area contributed by atoms with Crippen molar-refractivity contribution in [2.75, 3.05) is 32.9 Å². The van der Waals surface area contributed by atoms with Gasteiger partial charge in [-0.15, -0.1) is 0 Å². The second-order valence-corrected chi connectivity index (χ2v) is 9.32. The van der Waals surface area contributed by atoms with Gasteiger partial charge in [-0.3, -0.25) is 43.8 Å². The van der Waals surface area contributed by atoms with Gasteiger partial charge in [0, 0.05) is 25.2 Å². The molecule has 9 amide bonds. The molecule has 2 aliphatic heterocycles. The van der Waals surface area contributed by atoms with E-state index in [4.69, 9.17) is 10.5 Å². The Balaban J connectivity index is 1.65. The number of imide groups is 2. The van der Waals surface area contributed by atoms with Crippen LogP contribution in [0.5, 0.6) is 0 Å². The van der Waals surface area contributed by atoms with E-state index in [9.17, 15) is 38.4 Å². The van der Waals surface area contributed by atoms with Crippen molar-refractivity contribution in [3.63, 3.8) is 0 Å². The molecule has 1 saturated carbocycles. The van der Waals surface area contributed by atoms with E-state index in [1.54, 1.807) is 0 Å². The Hall–Kier alpha value is -4.38. The van der Waals surface area contributed by atoms with Crippen LogP contribution in [0, 0.1) is 5.92 Å². The zero-order valence-corrected chi connectivity index (χ0v) is 21.5. The second kappa shape index (κ2) is 14.1. The van der Waals surface area contributed by atoms with Crippen LogP contribution >= 0.6 is 0 Å². The number of hydrogen-bond donors (Lipinski definition) is 7. The standard InChI is InChI=1S/C23H32N8O9/c24-20(36)19(12-3-4-12)40-11-28-21(37)13-2-1-7-26-23(39)30-15(32)9-25-8-14(22(38)27-10-16(33)29-13)31-17(34)5-6-18(31)35/h5-6,12-14,19,25H,1-4,7-11H2,(H2,24,36)(H,27,38)(H,28,37)(H,29,33)(H2,26,30,32,39). The van der Waals surface area contributed by atoms with Gasteiger partial charge in [0.1, 0.15) is 24.9 Å². The fraction of sp³-hybridized carbons (Fsp3) is 0.565. The van der Waals surface area contributed by atoms with Crippen molar-refractivity contribution in [3.8, 4) is 0 Å². The van der Waals surface area contributed by atoms with Crippen molar-refractivity contribution in [1.29, 1.82) is 0 Å². The Labute approximate surface area is 228 Å². The van der Waals surface area contributed by atoms with Crippen molar-refractivity contribution >= 4 is 47.4 Å². The van der Waals surface area contributed by atoms with Crippen LogP contribution in [0.1, 0.15) is 25.7 Å². The van der Waals surface area contributed by atoms with Crippen LogP contribution in [0.4, 0.5) is 4.79 Å². The van der Waals surface area contributed by atoms with Gasteiger partial charge in [0.05, 0.1) is 13.1 Å². The number of carbonyl (C=O) groups excluding carboxylic acids is 8. The summed E-state index contributed by atoms with van der Waals surface area (Å²) in [5.41, 5.74) is 5.33. The SMILES string of the molecule is NC(=O)C(OCNC(=O)C1CCCNC(=O)NC(=O)CNCC(N2C(=O)C=CC2=O)C(=O)NCC(=O)N1)C1CC1. The molecule has 2 heterocycles. The Kier molecular flexibility index (Phi) is 10.7. The van der Waals surface area contributed by atoms with Gasteiger partial charge in [0.2, 0.25) is 29.5 Å². The van der Waals surface area contributed by atoms with E-state index in [0.717, 1.165) is 25.0 Å². The van der Waals surface area contributed by atoms with Crippen molar-refractivity contribution in [2.45, 2.75) is 43.9 Å². The first kappa shape index (κ1) is 30.2. The molecule has 0 bridgehead atoms. The maximum Gasteiger partial charge on any atom is 0.321 e. The lowest BCUT2D eigenvalue weighted by atomic mass is 10.1. The molecule has 3 rings (SSSR count). The lowest BCUT2D eigenvalue weighted by Gasteiger charge is -2.25. The molecule has 1 saturated heterocycles. The Morgan fingerprint density at radius 3 is 2.35 bits per heavy atom. The van der Waals surface area contributed by atoms with Crippen molar-refractivity contribution < 1.29 is 43.1 Å². The molecule has 0 aromatic rings. The summed E-state index contributed by atoms with van der Waals surface area (Å²) in [5.74, 6) is -5.19. The van der Waals surface area contributed by atoms with Crippen LogP contribution in [0.3, 0.4) is 0 Å². The number of ether oxygens (including phenoxy) is 1. The minimum Gasteiger partial charge on any atom is -0.367 e. The monoisotopic (exact) mass is 564 g/mol. The van der Waals surface area contributed by atoms with Gasteiger partial charge in [0.25, 0.3) is 11.8 Å². The van der Waals surface area contributed by atoms with Gasteiger partial charge >= 0.3 is 6.03 Å². The normalized spacial score (nSPS) is 24.4. The second-order valence-electron chi connectivity index (χ2n) is 9.32. The fourth-order valence-corrected chi connectivity index (χ4v) is 4.04. The molecule has 17 heteroatoms. The number of rotatable bonds is 7. The molecule has 0 spiro atoms. The average Bonchev–Trinajstić information content (AvgIpc) is 3.68. The van der Waals surface area contributed by atoms with Gasteiger partial charge in [-0.1, -0.05) is 0 Å². The molecular weight excluding hydrogens is 532 g/mol. The number of carbonyl (C=O) groups is 8. The highest BCUT2D eigenvalue weighted by atomic mass is 16.5. The number of primary amides is 1. The Morgan fingerprint density at radius 1 is 1.00 bits per heavy atom. The van der Waals surface area contributed by atoms with Crippen molar-refractivity contribution in [1.82, 2.24) is 36.8 Å². The van der Waals surface area contributed by atoms with Gasteiger partial charge in [-0.05, 0) is 31.6 Å². The average molecular weight is 565 g/mol. The molecule has 17 nitrogen and oxygen atoms in total. The van der Waals surface area contributed by atoms with E-state index in [1.807, 2.05) is 0 Å². The summed E-state index contributed by atoms with van der Waals surface area (Å²) < 4.78 is 5.39. The summed E-state index contributed by atoms with van der Waals surface area (Å²) >= 11 is 0. The summed E-state index contributed by atoms with van der Waals surface area (Å²) in [6, 6.07) is -3.34. The van der Waals surface area contributed by atoms with E-state index < -0.39 is 78.7 Å². The van der Waals surface area contributed by atoms with Crippen LogP contribution in [-0.4, -0.2) is 103 Å². The maximum absolute atomic E-state index is 12.9. The number of nitrogens with one attached hydrogen (secondary N) is 6. The van der Waals surface area contributed by atoms with Crippen LogP contribution in [0.15, 0.2) is 12.2 Å². The molecule has 3 unspecified atom stereocenters. The largest absolute Gasteiger partial charge is 0.367 e. The first-order valence-corrected chi connectivity index (χ1v) is 12.7. The third kappa shape index (κ3) is 8.84. The fourth-order valence-electron chi connectivity index (χ4n) is 4.04. The molecule has 40 heavy (non-hydrogen) atoms. The molecule has 218 valence electrons. The molecule has 2 fully saturated rings. The van der Waals surface area contributed by atoms with E-state index in [2.05, 4.69) is 31.9 Å². The van der Waals surface area contributed by atoms with Crippen molar-refractivity contribution in [3.05, 3.63) is 12.2 Å². The van der Waals surface area contributed by atoms with E-state index in [0.29, 0.717) is 4.90 Å². The minimum absolute atomic E-state index is 0.00499. The topological polar surface area (TPSA) is 247 Å². The third-order valence-corrected chi connectivity index (χ3v) is 6.20. The first-order chi connectivity index (χ1) is 19.1.